The fourth-order valence-corrected chi connectivity index (χ4v) is 0.845. The Morgan fingerprint density at radius 1 is 1.64 bits per heavy atom. The van der Waals surface area contributed by atoms with Gasteiger partial charge < -0.3 is 15.5 Å². The van der Waals surface area contributed by atoms with E-state index < -0.39 is 17.8 Å². The molecule has 0 radical (unpaired) electrons. The maximum Gasteiger partial charge on any atom is 0.268 e. The Kier molecular flexibility index (Phi) is 2.45. The minimum absolute atomic E-state index is 0.00887. The van der Waals surface area contributed by atoms with Crippen molar-refractivity contribution in [3.8, 4) is 0 Å². The van der Waals surface area contributed by atoms with E-state index in [0.717, 1.165) is 0 Å². The van der Waals surface area contributed by atoms with Crippen LogP contribution in [0.5, 0.6) is 0 Å². The molecule has 1 heterocycles. The number of carbonyl (C=O) groups excluding carboxylic acids is 1. The second-order valence-electron chi connectivity index (χ2n) is 2.01. The summed E-state index contributed by atoms with van der Waals surface area (Å²) >= 11 is 5.07. The van der Waals surface area contributed by atoms with Gasteiger partial charge in [0.2, 0.25) is 0 Å². The lowest BCUT2D eigenvalue weighted by Gasteiger charge is -2.23. The minimum atomic E-state index is -1.15. The normalized spacial score (nSPS) is 30.6. The summed E-state index contributed by atoms with van der Waals surface area (Å²) in [5, 5.41) is 21.6. The first-order valence-electron chi connectivity index (χ1n) is 2.90. The molecule has 0 aromatic heterocycles. The smallest absolute Gasteiger partial charge is 0.268 e. The molecule has 4 N–H and O–H groups in total. The van der Waals surface area contributed by atoms with Crippen molar-refractivity contribution in [1.82, 2.24) is 10.6 Å². The maximum atomic E-state index is 10.5. The van der Waals surface area contributed by atoms with Gasteiger partial charge in [0.25, 0.3) is 5.24 Å². The van der Waals surface area contributed by atoms with E-state index in [9.17, 15) is 4.79 Å². The Balaban J connectivity index is 2.72. The number of rotatable bonds is 1. The van der Waals surface area contributed by atoms with E-state index in [2.05, 4.69) is 10.6 Å². The van der Waals surface area contributed by atoms with Crippen molar-refractivity contribution < 1.29 is 15.0 Å². The van der Waals surface area contributed by atoms with Crippen molar-refractivity contribution in [2.75, 3.05) is 0 Å². The summed E-state index contributed by atoms with van der Waals surface area (Å²) in [6, 6.07) is 0. The van der Waals surface area contributed by atoms with Crippen LogP contribution in [-0.4, -0.2) is 28.0 Å². The van der Waals surface area contributed by atoms with E-state index in [1.165, 1.54) is 6.08 Å². The van der Waals surface area contributed by atoms with Crippen molar-refractivity contribution in [3.05, 3.63) is 11.8 Å². The number of nitrogens with one attached hydrogen (secondary N) is 2. The van der Waals surface area contributed by atoms with E-state index >= 15 is 0 Å². The molecule has 62 valence electrons. The Bertz CT molecular complexity index is 206. The van der Waals surface area contributed by atoms with Crippen LogP contribution in [0.3, 0.4) is 0 Å². The van der Waals surface area contributed by atoms with Gasteiger partial charge in [0.1, 0.15) is 6.23 Å². The molecular weight excluding hydrogens is 172 g/mol. The van der Waals surface area contributed by atoms with Gasteiger partial charge in [-0.25, -0.2) is 5.32 Å². The summed E-state index contributed by atoms with van der Waals surface area (Å²) in [5.41, 5.74) is -0.00887. The lowest BCUT2D eigenvalue weighted by atomic mass is 10.3. The van der Waals surface area contributed by atoms with Gasteiger partial charge in [-0.3, -0.25) is 4.79 Å². The predicted molar refractivity (Wildman–Crippen MR) is 37.2 cm³/mol. The molecule has 6 heteroatoms. The van der Waals surface area contributed by atoms with Crippen LogP contribution in [0.25, 0.3) is 0 Å². The second-order valence-corrected chi connectivity index (χ2v) is 2.36. The molecule has 11 heavy (non-hydrogen) atoms. The quantitative estimate of drug-likeness (QED) is 0.365. The van der Waals surface area contributed by atoms with Crippen LogP contribution >= 0.6 is 11.6 Å². The fourth-order valence-electron chi connectivity index (χ4n) is 0.727. The highest BCUT2D eigenvalue weighted by Crippen LogP contribution is 2.02. The molecule has 0 saturated heterocycles. The summed E-state index contributed by atoms with van der Waals surface area (Å²) in [7, 11) is 0. The van der Waals surface area contributed by atoms with E-state index in [1.54, 1.807) is 0 Å². The number of halogens is 1. The van der Waals surface area contributed by atoms with Crippen molar-refractivity contribution in [2.45, 2.75) is 12.6 Å². The second kappa shape index (κ2) is 3.19. The van der Waals surface area contributed by atoms with Crippen LogP contribution in [0, 0.1) is 0 Å². The number of aliphatic hydroxyl groups excluding tert-OH is 2. The van der Waals surface area contributed by atoms with Crippen molar-refractivity contribution >= 4 is 16.8 Å². The molecule has 5 nitrogen and oxygen atoms in total. The zero-order valence-corrected chi connectivity index (χ0v) is 6.17. The fraction of sp³-hybridized carbons (Fsp3) is 0.400. The monoisotopic (exact) mass is 178 g/mol. The standard InChI is InChI=1S/C5H7ClN2O3/c6-4(10)2-1-3(9)8-5(11)7-2/h1,3,5,7-9,11H/t3?,5-/m1/s1. The summed E-state index contributed by atoms with van der Waals surface area (Å²) < 4.78 is 0. The first-order valence-corrected chi connectivity index (χ1v) is 3.28. The number of hydrogen-bond donors (Lipinski definition) is 4. The third kappa shape index (κ3) is 2.16. The molecule has 1 aliphatic heterocycles. The minimum Gasteiger partial charge on any atom is -0.375 e. The van der Waals surface area contributed by atoms with Gasteiger partial charge in [-0.2, -0.15) is 0 Å². The molecule has 0 saturated carbocycles. The van der Waals surface area contributed by atoms with E-state index in [1.807, 2.05) is 0 Å². The summed E-state index contributed by atoms with van der Waals surface area (Å²) in [4.78, 5) is 10.5. The third-order valence-corrected chi connectivity index (χ3v) is 1.36. The Hall–Kier alpha value is -0.620. The Morgan fingerprint density at radius 2 is 2.27 bits per heavy atom. The highest BCUT2D eigenvalue weighted by Gasteiger charge is 2.19. The van der Waals surface area contributed by atoms with Crippen LogP contribution in [0.15, 0.2) is 11.8 Å². The van der Waals surface area contributed by atoms with Crippen LogP contribution < -0.4 is 10.6 Å². The summed E-state index contributed by atoms with van der Waals surface area (Å²) in [6.07, 6.45) is -1.03. The molecule has 0 aromatic carbocycles. The highest BCUT2D eigenvalue weighted by atomic mass is 35.5. The van der Waals surface area contributed by atoms with E-state index in [4.69, 9.17) is 21.8 Å². The van der Waals surface area contributed by atoms with Gasteiger partial charge in [0.05, 0.1) is 5.70 Å². The van der Waals surface area contributed by atoms with Gasteiger partial charge in [-0.05, 0) is 17.7 Å². The molecular formula is C5H7ClN2O3. The topological polar surface area (TPSA) is 81.6 Å². The van der Waals surface area contributed by atoms with Crippen LogP contribution in [0.4, 0.5) is 0 Å². The number of carbonyl (C=O) groups is 1. The van der Waals surface area contributed by atoms with Crippen molar-refractivity contribution in [2.24, 2.45) is 0 Å². The molecule has 0 aromatic rings. The summed E-state index contributed by atoms with van der Waals surface area (Å²) in [5.74, 6) is 0. The molecule has 1 rings (SSSR count). The largest absolute Gasteiger partial charge is 0.375 e. The first-order chi connectivity index (χ1) is 5.09. The molecule has 0 bridgehead atoms. The van der Waals surface area contributed by atoms with Gasteiger partial charge in [-0.1, -0.05) is 0 Å². The molecule has 0 spiro atoms. The molecule has 2 atom stereocenters. The molecule has 0 fully saturated rings. The lowest BCUT2D eigenvalue weighted by molar-refractivity contribution is -0.109. The molecule has 0 amide bonds. The SMILES string of the molecule is O=C(Cl)C1=CC(O)N[C@H](O)N1. The van der Waals surface area contributed by atoms with Gasteiger partial charge in [0.15, 0.2) is 6.35 Å². The zero-order chi connectivity index (χ0) is 8.43. The van der Waals surface area contributed by atoms with Gasteiger partial charge >= 0.3 is 0 Å². The highest BCUT2D eigenvalue weighted by molar-refractivity contribution is 6.67. The Labute approximate surface area is 67.7 Å². The maximum absolute atomic E-state index is 10.5. The average molecular weight is 179 g/mol. The van der Waals surface area contributed by atoms with E-state index in [0.29, 0.717) is 0 Å². The third-order valence-electron chi connectivity index (χ3n) is 1.16. The van der Waals surface area contributed by atoms with Crippen molar-refractivity contribution in [1.29, 1.82) is 0 Å². The molecule has 0 aliphatic carbocycles. The summed E-state index contributed by atoms with van der Waals surface area (Å²) in [6.45, 7) is 0. The number of hydrogen-bond acceptors (Lipinski definition) is 5. The van der Waals surface area contributed by atoms with E-state index in [-0.39, 0.29) is 5.70 Å². The van der Waals surface area contributed by atoms with Gasteiger partial charge in [-0.15, -0.1) is 0 Å². The van der Waals surface area contributed by atoms with Crippen LogP contribution in [0.1, 0.15) is 0 Å². The molecule has 1 unspecified atom stereocenters. The zero-order valence-electron chi connectivity index (χ0n) is 5.41. The molecule has 1 aliphatic rings. The van der Waals surface area contributed by atoms with Gasteiger partial charge in [0, 0.05) is 0 Å². The number of aliphatic hydroxyl groups is 2. The van der Waals surface area contributed by atoms with Crippen LogP contribution in [0.2, 0.25) is 0 Å². The Morgan fingerprint density at radius 3 is 2.73 bits per heavy atom. The lowest BCUT2D eigenvalue weighted by Crippen LogP contribution is -2.51. The predicted octanol–water partition coefficient (Wildman–Crippen LogP) is -1.58. The van der Waals surface area contributed by atoms with Crippen molar-refractivity contribution in [3.63, 3.8) is 0 Å². The first kappa shape index (κ1) is 8.48. The van der Waals surface area contributed by atoms with Crippen LogP contribution in [-0.2, 0) is 4.79 Å². The average Bonchev–Trinajstić information content (AvgIpc) is 1.85. The number of allylic oxidation sites excluding steroid dienone is 1.